The Kier molecular flexibility index (Phi) is 6.32. The first-order valence-corrected chi connectivity index (χ1v) is 12.4. The Bertz CT molecular complexity index is 1480. The van der Waals surface area contributed by atoms with E-state index >= 15 is 0 Å². The normalized spacial score (nSPS) is 20.6. The third-order valence-electron chi connectivity index (χ3n) is 7.36. The summed E-state index contributed by atoms with van der Waals surface area (Å²) in [7, 11) is 1.65. The van der Waals surface area contributed by atoms with Crippen molar-refractivity contribution in [2.75, 3.05) is 24.6 Å². The second-order valence-corrected chi connectivity index (χ2v) is 9.95. The van der Waals surface area contributed by atoms with Crippen LogP contribution < -0.4 is 15.2 Å². The number of aryl methyl sites for hydroxylation is 1. The van der Waals surface area contributed by atoms with Crippen LogP contribution in [0.5, 0.6) is 5.75 Å². The van der Waals surface area contributed by atoms with Crippen LogP contribution in [0.4, 0.5) is 18.9 Å². The third kappa shape index (κ3) is 4.20. The number of aromatic nitrogens is 2. The number of piperazine rings is 1. The molecule has 5 rings (SSSR count). The average Bonchev–Trinajstić information content (AvgIpc) is 2.86. The van der Waals surface area contributed by atoms with Crippen molar-refractivity contribution < 1.29 is 17.9 Å². The summed E-state index contributed by atoms with van der Waals surface area (Å²) >= 11 is 6.04. The standard InChI is InChI=1S/C26H25ClF3N5O2/c1-4-20(15-5-7-18(19(27)9-15)26(28,29)30)34-12-17-13-37-24-23(35(17)11-14(34)2)22-21(33(3)25(24)36)8-6-16(10-31)32-22/h5-9,14,17,20H,4,11-13H2,1-3H3/t14-,17+,20+/m1/s1. The lowest BCUT2D eigenvalue weighted by Crippen LogP contribution is -2.61. The van der Waals surface area contributed by atoms with E-state index in [0.29, 0.717) is 36.2 Å². The maximum atomic E-state index is 13.2. The summed E-state index contributed by atoms with van der Waals surface area (Å²) in [5.74, 6) is 0.219. The zero-order chi connectivity index (χ0) is 26.6. The van der Waals surface area contributed by atoms with Crippen LogP contribution in [0.3, 0.4) is 0 Å². The van der Waals surface area contributed by atoms with Crippen molar-refractivity contribution in [1.82, 2.24) is 14.5 Å². The highest BCUT2D eigenvalue weighted by Crippen LogP contribution is 2.42. The highest BCUT2D eigenvalue weighted by Gasteiger charge is 2.41. The van der Waals surface area contributed by atoms with Crippen molar-refractivity contribution in [3.8, 4) is 11.8 Å². The fraction of sp³-hybridized carbons (Fsp3) is 0.423. The lowest BCUT2D eigenvalue weighted by molar-refractivity contribution is -0.137. The molecule has 1 fully saturated rings. The zero-order valence-corrected chi connectivity index (χ0v) is 21.3. The average molecular weight is 532 g/mol. The SMILES string of the molecule is CC[C@@H](c1ccc(C(F)(F)F)c(Cl)c1)N1C[C@H]2COc3c(c4nc(C#N)ccc4n(C)c3=O)N2C[C@H]1C. The fourth-order valence-corrected chi connectivity index (χ4v) is 5.84. The summed E-state index contributed by atoms with van der Waals surface area (Å²) in [6, 6.07) is 9.03. The molecular weight excluding hydrogens is 507 g/mol. The number of halogens is 4. The van der Waals surface area contributed by atoms with Gasteiger partial charge >= 0.3 is 6.18 Å². The van der Waals surface area contributed by atoms with E-state index < -0.39 is 11.7 Å². The Hall–Kier alpha value is -3.29. The van der Waals surface area contributed by atoms with E-state index in [1.54, 1.807) is 19.2 Å². The Balaban J connectivity index is 1.52. The molecule has 0 bridgehead atoms. The van der Waals surface area contributed by atoms with Crippen LogP contribution in [0.2, 0.25) is 5.02 Å². The monoisotopic (exact) mass is 531 g/mol. The summed E-state index contributed by atoms with van der Waals surface area (Å²) in [5.41, 5.74) is 1.57. The van der Waals surface area contributed by atoms with Gasteiger partial charge in [0.25, 0.3) is 5.56 Å². The van der Waals surface area contributed by atoms with Gasteiger partial charge < -0.3 is 14.2 Å². The smallest absolute Gasteiger partial charge is 0.417 e. The Labute approximate surface area is 216 Å². The molecule has 1 saturated heterocycles. The Morgan fingerprint density at radius 2 is 2.03 bits per heavy atom. The van der Waals surface area contributed by atoms with Crippen LogP contribution in [-0.2, 0) is 13.2 Å². The molecule has 0 radical (unpaired) electrons. The molecule has 194 valence electrons. The number of hydrogen-bond donors (Lipinski definition) is 0. The molecule has 1 aromatic carbocycles. The highest BCUT2D eigenvalue weighted by atomic mass is 35.5. The summed E-state index contributed by atoms with van der Waals surface area (Å²) in [6.45, 7) is 5.43. The van der Waals surface area contributed by atoms with Crippen molar-refractivity contribution in [3.05, 3.63) is 62.5 Å². The molecule has 0 saturated carbocycles. The maximum Gasteiger partial charge on any atom is 0.417 e. The van der Waals surface area contributed by atoms with Crippen LogP contribution in [0.15, 0.2) is 35.1 Å². The third-order valence-corrected chi connectivity index (χ3v) is 7.67. The predicted octanol–water partition coefficient (Wildman–Crippen LogP) is 4.90. The largest absolute Gasteiger partial charge is 0.484 e. The molecule has 4 heterocycles. The number of anilines is 1. The predicted molar refractivity (Wildman–Crippen MR) is 134 cm³/mol. The molecule has 37 heavy (non-hydrogen) atoms. The Morgan fingerprint density at radius 3 is 2.68 bits per heavy atom. The van der Waals surface area contributed by atoms with E-state index in [0.717, 1.165) is 11.6 Å². The van der Waals surface area contributed by atoms with Crippen molar-refractivity contribution >= 4 is 28.3 Å². The van der Waals surface area contributed by atoms with E-state index in [9.17, 15) is 23.2 Å². The van der Waals surface area contributed by atoms with Gasteiger partial charge in [0.15, 0.2) is 0 Å². The van der Waals surface area contributed by atoms with Gasteiger partial charge in [0, 0.05) is 32.2 Å². The topological polar surface area (TPSA) is 74.4 Å². The summed E-state index contributed by atoms with van der Waals surface area (Å²) in [6.07, 6.45) is -3.84. The number of ether oxygens (including phenoxy) is 1. The molecule has 3 aromatic rings. The molecule has 0 aliphatic carbocycles. The van der Waals surface area contributed by atoms with Gasteiger partial charge in [-0.3, -0.25) is 9.69 Å². The molecular formula is C26H25ClF3N5O2. The first-order valence-electron chi connectivity index (χ1n) is 12.0. The molecule has 3 atom stereocenters. The number of alkyl halides is 3. The zero-order valence-electron chi connectivity index (χ0n) is 20.5. The minimum atomic E-state index is -4.51. The summed E-state index contributed by atoms with van der Waals surface area (Å²) in [5, 5.41) is 9.09. The van der Waals surface area contributed by atoms with Crippen LogP contribution in [0, 0.1) is 11.3 Å². The van der Waals surface area contributed by atoms with Crippen molar-refractivity contribution in [2.45, 2.75) is 44.6 Å². The van der Waals surface area contributed by atoms with Gasteiger partial charge in [-0.25, -0.2) is 4.98 Å². The summed E-state index contributed by atoms with van der Waals surface area (Å²) < 4.78 is 47.2. The van der Waals surface area contributed by atoms with Gasteiger partial charge in [0.2, 0.25) is 5.75 Å². The molecule has 0 unspecified atom stereocenters. The van der Waals surface area contributed by atoms with Crippen molar-refractivity contribution in [2.24, 2.45) is 7.05 Å². The number of hydrogen-bond acceptors (Lipinski definition) is 6. The van der Waals surface area contributed by atoms with Crippen LogP contribution in [-0.4, -0.2) is 46.2 Å². The van der Waals surface area contributed by atoms with Crippen LogP contribution >= 0.6 is 11.6 Å². The lowest BCUT2D eigenvalue weighted by atomic mass is 9.95. The Morgan fingerprint density at radius 1 is 1.27 bits per heavy atom. The first-order chi connectivity index (χ1) is 17.5. The van der Waals surface area contributed by atoms with Crippen LogP contribution in [0.1, 0.15) is 43.1 Å². The molecule has 0 spiro atoms. The van der Waals surface area contributed by atoms with Gasteiger partial charge in [-0.2, -0.15) is 18.4 Å². The lowest BCUT2D eigenvalue weighted by Gasteiger charge is -2.51. The van der Waals surface area contributed by atoms with Crippen LogP contribution in [0.25, 0.3) is 11.0 Å². The van der Waals surface area contributed by atoms with Gasteiger partial charge in [0.05, 0.1) is 22.1 Å². The van der Waals surface area contributed by atoms with Crippen molar-refractivity contribution in [1.29, 1.82) is 5.26 Å². The second-order valence-electron chi connectivity index (χ2n) is 9.54. The van der Waals surface area contributed by atoms with Crippen molar-refractivity contribution in [3.63, 3.8) is 0 Å². The highest BCUT2D eigenvalue weighted by molar-refractivity contribution is 6.31. The quantitative estimate of drug-likeness (QED) is 0.478. The minimum Gasteiger partial charge on any atom is -0.484 e. The summed E-state index contributed by atoms with van der Waals surface area (Å²) in [4.78, 5) is 22.0. The molecule has 11 heteroatoms. The number of nitriles is 1. The van der Waals surface area contributed by atoms with Gasteiger partial charge in [-0.1, -0.05) is 24.6 Å². The molecule has 7 nitrogen and oxygen atoms in total. The number of pyridine rings is 2. The maximum absolute atomic E-state index is 13.2. The molecule has 0 N–H and O–H groups in total. The number of nitrogens with zero attached hydrogens (tertiary/aromatic N) is 5. The first kappa shape index (κ1) is 25.4. The van der Waals surface area contributed by atoms with Gasteiger partial charge in [-0.15, -0.1) is 0 Å². The second kappa shape index (κ2) is 9.23. The van der Waals surface area contributed by atoms with E-state index in [2.05, 4.69) is 27.8 Å². The van der Waals surface area contributed by atoms with Gasteiger partial charge in [-0.05, 0) is 43.2 Å². The minimum absolute atomic E-state index is 0.00789. The van der Waals surface area contributed by atoms with E-state index in [1.807, 2.05) is 6.92 Å². The van der Waals surface area contributed by atoms with E-state index in [-0.39, 0.29) is 46.8 Å². The molecule has 2 aliphatic heterocycles. The molecule has 0 amide bonds. The van der Waals surface area contributed by atoms with E-state index in [4.69, 9.17) is 16.3 Å². The number of fused-ring (bicyclic) bond motifs is 5. The number of benzene rings is 1. The number of rotatable bonds is 3. The fourth-order valence-electron chi connectivity index (χ4n) is 5.55. The molecule has 2 aromatic heterocycles. The van der Waals surface area contributed by atoms with E-state index in [1.165, 1.54) is 16.7 Å². The van der Waals surface area contributed by atoms with Gasteiger partial charge in [0.1, 0.15) is 29.6 Å². The molecule has 2 aliphatic rings.